The molecule has 138 valence electrons. The molecule has 0 fully saturated rings. The number of furan rings is 1. The van der Waals surface area contributed by atoms with Crippen molar-refractivity contribution in [3.05, 3.63) is 83.9 Å². The van der Waals surface area contributed by atoms with Crippen molar-refractivity contribution in [1.29, 1.82) is 5.26 Å². The Morgan fingerprint density at radius 3 is 2.64 bits per heavy atom. The molecular weight excluding hydrogens is 356 g/mol. The number of hydrogen-bond acceptors (Lipinski definition) is 5. The van der Waals surface area contributed by atoms with Crippen molar-refractivity contribution in [2.24, 2.45) is 0 Å². The number of nitriles is 1. The molecule has 3 aromatic heterocycles. The van der Waals surface area contributed by atoms with Crippen LogP contribution in [0.4, 0.5) is 5.69 Å². The zero-order valence-corrected chi connectivity index (χ0v) is 15.0. The summed E-state index contributed by atoms with van der Waals surface area (Å²) in [6.45, 7) is 2.26. The molecule has 0 aliphatic rings. The van der Waals surface area contributed by atoms with E-state index < -0.39 is 0 Å². The molecule has 0 radical (unpaired) electrons. The summed E-state index contributed by atoms with van der Waals surface area (Å²) in [5.41, 5.74) is 2.09. The Bertz CT molecular complexity index is 1130. The lowest BCUT2D eigenvalue weighted by Gasteiger charge is -2.07. The first-order valence-corrected chi connectivity index (χ1v) is 8.55. The van der Waals surface area contributed by atoms with Crippen LogP contribution in [-0.2, 0) is 6.54 Å². The summed E-state index contributed by atoms with van der Waals surface area (Å²) in [4.78, 5) is 16.7. The van der Waals surface area contributed by atoms with Crippen LogP contribution in [-0.4, -0.2) is 25.2 Å². The number of aromatic nitrogens is 4. The number of amides is 1. The smallest absolute Gasteiger partial charge is 0.260 e. The van der Waals surface area contributed by atoms with E-state index in [0.717, 1.165) is 5.56 Å². The highest BCUT2D eigenvalue weighted by Crippen LogP contribution is 2.26. The molecule has 1 aromatic carbocycles. The van der Waals surface area contributed by atoms with Gasteiger partial charge in [0.2, 0.25) is 5.88 Å². The van der Waals surface area contributed by atoms with Gasteiger partial charge in [-0.15, -0.1) is 0 Å². The molecule has 0 bridgehead atoms. The van der Waals surface area contributed by atoms with Crippen LogP contribution in [0.3, 0.4) is 0 Å². The van der Waals surface area contributed by atoms with Gasteiger partial charge < -0.3 is 9.73 Å². The van der Waals surface area contributed by atoms with Crippen LogP contribution < -0.4 is 5.32 Å². The first kappa shape index (κ1) is 17.3. The van der Waals surface area contributed by atoms with Gasteiger partial charge in [-0.3, -0.25) is 9.36 Å². The summed E-state index contributed by atoms with van der Waals surface area (Å²) in [5.74, 6) is 0.333. The fraction of sp³-hybridized carbons (Fsp3) is 0.100. The number of carbonyl (C=O) groups is 1. The van der Waals surface area contributed by atoms with Crippen molar-refractivity contribution in [3.63, 3.8) is 0 Å². The molecule has 4 aromatic rings. The monoisotopic (exact) mass is 372 g/mol. The van der Waals surface area contributed by atoms with Crippen LogP contribution in [0, 0.1) is 18.3 Å². The van der Waals surface area contributed by atoms with Crippen molar-refractivity contribution < 1.29 is 9.21 Å². The number of rotatable bonds is 5. The molecule has 4 rings (SSSR count). The zero-order chi connectivity index (χ0) is 19.5. The van der Waals surface area contributed by atoms with E-state index in [2.05, 4.69) is 21.5 Å². The van der Waals surface area contributed by atoms with Crippen LogP contribution >= 0.6 is 0 Å². The van der Waals surface area contributed by atoms with Crippen molar-refractivity contribution in [1.82, 2.24) is 19.3 Å². The number of carbonyl (C=O) groups excluding carboxylic acids is 1. The van der Waals surface area contributed by atoms with E-state index in [9.17, 15) is 10.1 Å². The van der Waals surface area contributed by atoms with Crippen LogP contribution in [0.25, 0.3) is 5.88 Å². The first-order valence-electron chi connectivity index (χ1n) is 8.55. The Morgan fingerprint density at radius 2 is 2.00 bits per heavy atom. The SMILES string of the molecule is Cc1oc(-n2cccc2)c(C#N)c1C(=O)Nc1ccc(Cn2cncn2)cc1. The van der Waals surface area contributed by atoms with Crippen molar-refractivity contribution in [2.45, 2.75) is 13.5 Å². The van der Waals surface area contributed by atoms with E-state index in [1.807, 2.05) is 24.3 Å². The second-order valence-electron chi connectivity index (χ2n) is 6.16. The van der Waals surface area contributed by atoms with Gasteiger partial charge in [-0.2, -0.15) is 10.4 Å². The molecule has 8 nitrogen and oxygen atoms in total. The summed E-state index contributed by atoms with van der Waals surface area (Å²) < 4.78 is 9.06. The molecule has 3 heterocycles. The Morgan fingerprint density at radius 1 is 1.25 bits per heavy atom. The average Bonchev–Trinajstić information content (AvgIpc) is 3.43. The number of nitrogens with zero attached hydrogens (tertiary/aromatic N) is 5. The molecule has 0 aliphatic heterocycles. The Labute approximate surface area is 160 Å². The molecule has 0 saturated heterocycles. The molecule has 0 spiro atoms. The number of benzene rings is 1. The fourth-order valence-corrected chi connectivity index (χ4v) is 2.95. The topological polar surface area (TPSA) is 102 Å². The van der Waals surface area contributed by atoms with Crippen LogP contribution in [0.1, 0.15) is 27.2 Å². The molecule has 1 N–H and O–H groups in total. The maximum Gasteiger partial charge on any atom is 0.260 e. The number of nitrogens with one attached hydrogen (secondary N) is 1. The molecule has 0 saturated carbocycles. The molecule has 1 amide bonds. The second kappa shape index (κ2) is 7.25. The van der Waals surface area contributed by atoms with Gasteiger partial charge in [0, 0.05) is 18.1 Å². The van der Waals surface area contributed by atoms with Crippen LogP contribution in [0.2, 0.25) is 0 Å². The zero-order valence-electron chi connectivity index (χ0n) is 15.0. The van der Waals surface area contributed by atoms with E-state index in [-0.39, 0.29) is 17.0 Å². The normalized spacial score (nSPS) is 10.6. The largest absolute Gasteiger partial charge is 0.443 e. The number of hydrogen-bond donors (Lipinski definition) is 1. The van der Waals surface area contributed by atoms with Crippen molar-refractivity contribution in [2.75, 3.05) is 5.32 Å². The third kappa shape index (κ3) is 3.29. The van der Waals surface area contributed by atoms with Gasteiger partial charge in [-0.25, -0.2) is 9.67 Å². The molecular formula is C20H16N6O2. The average molecular weight is 372 g/mol. The lowest BCUT2D eigenvalue weighted by atomic mass is 10.1. The highest BCUT2D eigenvalue weighted by molar-refractivity contribution is 6.07. The lowest BCUT2D eigenvalue weighted by Crippen LogP contribution is -2.14. The van der Waals surface area contributed by atoms with E-state index in [1.165, 1.54) is 6.33 Å². The summed E-state index contributed by atoms with van der Waals surface area (Å²) in [6.07, 6.45) is 6.64. The maximum absolute atomic E-state index is 12.8. The number of aryl methyl sites for hydroxylation is 1. The van der Waals surface area contributed by atoms with Gasteiger partial charge in [-0.05, 0) is 36.8 Å². The lowest BCUT2D eigenvalue weighted by molar-refractivity contribution is 0.102. The van der Waals surface area contributed by atoms with E-state index in [0.29, 0.717) is 23.9 Å². The quantitative estimate of drug-likeness (QED) is 0.580. The molecule has 8 heteroatoms. The van der Waals surface area contributed by atoms with Gasteiger partial charge in [0.1, 0.15) is 35.6 Å². The van der Waals surface area contributed by atoms with Gasteiger partial charge >= 0.3 is 0 Å². The van der Waals surface area contributed by atoms with Crippen molar-refractivity contribution in [3.8, 4) is 12.0 Å². The fourth-order valence-electron chi connectivity index (χ4n) is 2.95. The highest BCUT2D eigenvalue weighted by atomic mass is 16.4. The van der Waals surface area contributed by atoms with Gasteiger partial charge in [0.25, 0.3) is 5.91 Å². The van der Waals surface area contributed by atoms with Gasteiger partial charge in [0.15, 0.2) is 0 Å². The summed E-state index contributed by atoms with van der Waals surface area (Å²) in [6, 6.07) is 13.1. The molecule has 0 atom stereocenters. The van der Waals surface area contributed by atoms with E-state index in [4.69, 9.17) is 4.42 Å². The summed E-state index contributed by atoms with van der Waals surface area (Å²) in [5, 5.41) is 16.5. The minimum absolute atomic E-state index is 0.203. The van der Waals surface area contributed by atoms with E-state index >= 15 is 0 Å². The standard InChI is InChI=1S/C20H16N6O2/c1-14-18(17(10-21)20(28-14)25-8-2-3-9-25)19(27)24-16-6-4-15(5-7-16)11-26-13-22-12-23-26/h2-9,12-13H,11H2,1H3,(H,24,27). The van der Waals surface area contributed by atoms with Crippen LogP contribution in [0.15, 0.2) is 65.9 Å². The maximum atomic E-state index is 12.8. The Hall–Kier alpha value is -4.12. The third-order valence-electron chi connectivity index (χ3n) is 4.27. The molecule has 0 unspecified atom stereocenters. The Kier molecular flexibility index (Phi) is 4.48. The van der Waals surface area contributed by atoms with Crippen LogP contribution in [0.5, 0.6) is 0 Å². The number of anilines is 1. The van der Waals surface area contributed by atoms with Gasteiger partial charge in [-0.1, -0.05) is 12.1 Å². The highest BCUT2D eigenvalue weighted by Gasteiger charge is 2.24. The summed E-state index contributed by atoms with van der Waals surface area (Å²) >= 11 is 0. The van der Waals surface area contributed by atoms with E-state index in [1.54, 1.807) is 47.0 Å². The first-order chi connectivity index (χ1) is 13.7. The predicted molar refractivity (Wildman–Crippen MR) is 101 cm³/mol. The Balaban J connectivity index is 1.55. The summed E-state index contributed by atoms with van der Waals surface area (Å²) in [7, 11) is 0. The van der Waals surface area contributed by atoms with Crippen molar-refractivity contribution >= 4 is 11.6 Å². The minimum Gasteiger partial charge on any atom is -0.443 e. The predicted octanol–water partition coefficient (Wildman–Crippen LogP) is 3.14. The third-order valence-corrected chi connectivity index (χ3v) is 4.27. The van der Waals surface area contributed by atoms with Gasteiger partial charge in [0.05, 0.1) is 6.54 Å². The minimum atomic E-state index is -0.389. The second-order valence-corrected chi connectivity index (χ2v) is 6.16. The molecule has 28 heavy (non-hydrogen) atoms. The molecule has 0 aliphatic carbocycles.